The summed E-state index contributed by atoms with van der Waals surface area (Å²) in [6.45, 7) is 3.87. The second-order valence-corrected chi connectivity index (χ2v) is 6.11. The van der Waals surface area contributed by atoms with Crippen molar-refractivity contribution in [3.63, 3.8) is 0 Å². The lowest BCUT2D eigenvalue weighted by molar-refractivity contribution is -0.141. The van der Waals surface area contributed by atoms with Crippen LogP contribution in [0.15, 0.2) is 36.7 Å². The van der Waals surface area contributed by atoms with Crippen molar-refractivity contribution in [1.29, 1.82) is 0 Å². The smallest absolute Gasteiger partial charge is 0.346 e. The maximum Gasteiger partial charge on any atom is 0.433 e. The van der Waals surface area contributed by atoms with Crippen LogP contribution >= 0.6 is 0 Å². The number of halogens is 3. The number of H-pyrrole nitrogens is 1. The van der Waals surface area contributed by atoms with Crippen molar-refractivity contribution in [1.82, 2.24) is 24.5 Å². The van der Waals surface area contributed by atoms with E-state index >= 15 is 0 Å². The number of aromatic amines is 1. The van der Waals surface area contributed by atoms with Gasteiger partial charge in [-0.3, -0.25) is 4.57 Å². The molecule has 0 amide bonds. The number of nitrogens with zero attached hydrogens (tertiary/aromatic N) is 4. The van der Waals surface area contributed by atoms with Gasteiger partial charge in [-0.25, -0.2) is 15.0 Å². The first kappa shape index (κ1) is 15.6. The highest BCUT2D eigenvalue weighted by molar-refractivity contribution is 5.80. The van der Waals surface area contributed by atoms with Crippen LogP contribution in [0.1, 0.15) is 31.3 Å². The average molecular weight is 345 g/mol. The highest BCUT2D eigenvalue weighted by Gasteiger charge is 2.33. The molecule has 0 aliphatic carbocycles. The van der Waals surface area contributed by atoms with E-state index in [4.69, 9.17) is 0 Å². The molecule has 5 nitrogen and oxygen atoms in total. The second-order valence-electron chi connectivity index (χ2n) is 6.11. The molecule has 4 aromatic heterocycles. The normalized spacial score (nSPS) is 12.6. The number of nitrogens with one attached hydrogen (secondary N) is 1. The third kappa shape index (κ3) is 2.54. The van der Waals surface area contributed by atoms with E-state index in [0.29, 0.717) is 22.7 Å². The Morgan fingerprint density at radius 2 is 1.92 bits per heavy atom. The number of imidazole rings is 1. The molecule has 4 rings (SSSR count). The van der Waals surface area contributed by atoms with Crippen molar-refractivity contribution in [2.75, 3.05) is 0 Å². The van der Waals surface area contributed by atoms with Crippen LogP contribution in [-0.4, -0.2) is 24.5 Å². The number of aromatic nitrogens is 5. The summed E-state index contributed by atoms with van der Waals surface area (Å²) >= 11 is 0. The van der Waals surface area contributed by atoms with Crippen LogP contribution in [0.25, 0.3) is 27.9 Å². The van der Waals surface area contributed by atoms with E-state index in [2.05, 4.69) is 19.9 Å². The molecular formula is C17H14F3N5. The molecule has 4 aromatic rings. The van der Waals surface area contributed by atoms with Gasteiger partial charge in [-0.2, -0.15) is 13.2 Å². The van der Waals surface area contributed by atoms with Gasteiger partial charge in [0.25, 0.3) is 0 Å². The van der Waals surface area contributed by atoms with E-state index in [1.165, 1.54) is 6.07 Å². The Labute approximate surface area is 140 Å². The molecule has 8 heteroatoms. The minimum absolute atomic E-state index is 0.00505. The van der Waals surface area contributed by atoms with Crippen LogP contribution in [-0.2, 0) is 6.18 Å². The van der Waals surface area contributed by atoms with Crippen LogP contribution < -0.4 is 0 Å². The second kappa shape index (κ2) is 5.30. The van der Waals surface area contributed by atoms with Gasteiger partial charge in [0.2, 0.25) is 0 Å². The summed E-state index contributed by atoms with van der Waals surface area (Å²) in [4.78, 5) is 15.6. The molecule has 128 valence electrons. The molecule has 4 heterocycles. The topological polar surface area (TPSA) is 59.4 Å². The van der Waals surface area contributed by atoms with Gasteiger partial charge in [0.05, 0.1) is 11.9 Å². The standard InChI is InChI=1S/C17H14F3N5/c1-9(2)15-23-12-3-4-13(17(18,19)20)24-16(12)25(15)11-7-10-5-6-21-14(10)22-8-11/h3-9H,1-2H3,(H,21,22). The minimum Gasteiger partial charge on any atom is -0.346 e. The molecular weight excluding hydrogens is 331 g/mol. The summed E-state index contributed by atoms with van der Waals surface area (Å²) in [5.41, 5.74) is 1.00. The number of hydrogen-bond acceptors (Lipinski definition) is 3. The zero-order valence-electron chi connectivity index (χ0n) is 13.5. The van der Waals surface area contributed by atoms with Crippen molar-refractivity contribution in [3.05, 3.63) is 48.2 Å². The largest absolute Gasteiger partial charge is 0.433 e. The highest BCUT2D eigenvalue weighted by atomic mass is 19.4. The lowest BCUT2D eigenvalue weighted by Gasteiger charge is -2.11. The molecule has 0 saturated heterocycles. The lowest BCUT2D eigenvalue weighted by atomic mass is 10.2. The summed E-state index contributed by atoms with van der Waals surface area (Å²) in [7, 11) is 0. The summed E-state index contributed by atoms with van der Waals surface area (Å²) in [5.74, 6) is 0.643. The van der Waals surface area contributed by atoms with Gasteiger partial charge in [0.15, 0.2) is 5.65 Å². The molecule has 0 saturated carbocycles. The van der Waals surface area contributed by atoms with Crippen molar-refractivity contribution in [2.24, 2.45) is 0 Å². The first-order valence-electron chi connectivity index (χ1n) is 7.74. The summed E-state index contributed by atoms with van der Waals surface area (Å²) < 4.78 is 40.9. The molecule has 1 N–H and O–H groups in total. The number of fused-ring (bicyclic) bond motifs is 2. The summed E-state index contributed by atoms with van der Waals surface area (Å²) in [6, 6.07) is 6.02. The molecule has 0 radical (unpaired) electrons. The molecule has 0 fully saturated rings. The van der Waals surface area contributed by atoms with E-state index in [1.54, 1.807) is 17.0 Å². The fourth-order valence-electron chi connectivity index (χ4n) is 2.82. The Kier molecular flexibility index (Phi) is 3.31. The fraction of sp³-hybridized carbons (Fsp3) is 0.235. The monoisotopic (exact) mass is 345 g/mol. The van der Waals surface area contributed by atoms with Crippen molar-refractivity contribution in [3.8, 4) is 5.69 Å². The first-order valence-corrected chi connectivity index (χ1v) is 7.74. The van der Waals surface area contributed by atoms with Gasteiger partial charge >= 0.3 is 6.18 Å². The summed E-state index contributed by atoms with van der Waals surface area (Å²) in [6.07, 6.45) is -1.14. The Bertz CT molecular complexity index is 1070. The van der Waals surface area contributed by atoms with Crippen LogP contribution in [0.3, 0.4) is 0 Å². The molecule has 0 aliphatic heterocycles. The number of pyridine rings is 2. The van der Waals surface area contributed by atoms with E-state index in [0.717, 1.165) is 11.5 Å². The Balaban J connectivity index is 2.03. The van der Waals surface area contributed by atoms with E-state index in [-0.39, 0.29) is 11.6 Å². The van der Waals surface area contributed by atoms with Crippen LogP contribution in [0.5, 0.6) is 0 Å². The fourth-order valence-corrected chi connectivity index (χ4v) is 2.82. The average Bonchev–Trinajstić information content (AvgIpc) is 3.16. The quantitative estimate of drug-likeness (QED) is 0.584. The maximum atomic E-state index is 13.1. The van der Waals surface area contributed by atoms with Gasteiger partial charge in [-0.15, -0.1) is 0 Å². The SMILES string of the molecule is CC(C)c1nc2ccc(C(F)(F)F)nc2n1-c1cnc2[nH]ccc2c1. The van der Waals surface area contributed by atoms with Crippen molar-refractivity contribution in [2.45, 2.75) is 25.9 Å². The molecule has 0 atom stereocenters. The number of hydrogen-bond donors (Lipinski definition) is 1. The number of alkyl halides is 3. The predicted molar refractivity (Wildman–Crippen MR) is 87.6 cm³/mol. The van der Waals surface area contributed by atoms with Gasteiger partial charge in [0.1, 0.15) is 22.7 Å². The van der Waals surface area contributed by atoms with Crippen molar-refractivity contribution < 1.29 is 13.2 Å². The van der Waals surface area contributed by atoms with Crippen molar-refractivity contribution >= 4 is 22.2 Å². The molecule has 0 spiro atoms. The third-order valence-corrected chi connectivity index (χ3v) is 3.98. The highest BCUT2D eigenvalue weighted by Crippen LogP contribution is 2.31. The molecule has 25 heavy (non-hydrogen) atoms. The zero-order valence-corrected chi connectivity index (χ0v) is 13.5. The van der Waals surface area contributed by atoms with Crippen LogP contribution in [0, 0.1) is 0 Å². The van der Waals surface area contributed by atoms with E-state index in [9.17, 15) is 13.2 Å². The zero-order chi connectivity index (χ0) is 17.8. The Morgan fingerprint density at radius 3 is 2.64 bits per heavy atom. The lowest BCUT2D eigenvalue weighted by Crippen LogP contribution is -2.09. The molecule has 0 unspecified atom stereocenters. The Morgan fingerprint density at radius 1 is 1.12 bits per heavy atom. The van der Waals surface area contributed by atoms with E-state index < -0.39 is 11.9 Å². The maximum absolute atomic E-state index is 13.1. The van der Waals surface area contributed by atoms with Gasteiger partial charge in [-0.1, -0.05) is 13.8 Å². The molecule has 0 aliphatic rings. The van der Waals surface area contributed by atoms with Crippen LogP contribution in [0.4, 0.5) is 13.2 Å². The van der Waals surface area contributed by atoms with Crippen LogP contribution in [0.2, 0.25) is 0 Å². The minimum atomic E-state index is -4.51. The first-order chi connectivity index (χ1) is 11.8. The Hall–Kier alpha value is -2.90. The predicted octanol–water partition coefficient (Wildman–Crippen LogP) is 4.44. The molecule has 0 aromatic carbocycles. The molecule has 0 bridgehead atoms. The van der Waals surface area contributed by atoms with Gasteiger partial charge in [0, 0.05) is 17.5 Å². The number of rotatable bonds is 2. The third-order valence-electron chi connectivity index (χ3n) is 3.98. The van der Waals surface area contributed by atoms with Gasteiger partial charge < -0.3 is 4.98 Å². The van der Waals surface area contributed by atoms with Gasteiger partial charge in [-0.05, 0) is 24.3 Å². The summed E-state index contributed by atoms with van der Waals surface area (Å²) in [5, 5.41) is 0.862. The van der Waals surface area contributed by atoms with E-state index in [1.807, 2.05) is 26.0 Å².